The van der Waals surface area contributed by atoms with Gasteiger partial charge in [-0.05, 0) is 30.5 Å². The van der Waals surface area contributed by atoms with Crippen LogP contribution in [0.25, 0.3) is 0 Å². The maximum absolute atomic E-state index is 12.2. The number of thioether (sulfide) groups is 1. The fourth-order valence-electron chi connectivity index (χ4n) is 2.30. The fourth-order valence-corrected chi connectivity index (χ4v) is 3.10. The largest absolute Gasteiger partial charge is 0.341 e. The normalized spacial score (nSPS) is 21.5. The monoisotopic (exact) mass is 309 g/mol. The lowest BCUT2D eigenvalue weighted by molar-refractivity contribution is -0.384. The second-order valence-corrected chi connectivity index (χ2v) is 6.67. The van der Waals surface area contributed by atoms with Gasteiger partial charge in [-0.1, -0.05) is 6.92 Å². The van der Waals surface area contributed by atoms with Gasteiger partial charge in [0.25, 0.3) is 5.69 Å². The van der Waals surface area contributed by atoms with Gasteiger partial charge in [-0.25, -0.2) is 0 Å². The first-order valence-corrected chi connectivity index (χ1v) is 7.77. The first kappa shape index (κ1) is 15.8. The predicted molar refractivity (Wildman–Crippen MR) is 82.2 cm³/mol. The number of amides is 1. The standard InChI is InChI=1S/C14H19N3O3S/c1-14(9-15)6-7-16(10-14)13(18)8-21-12-4-2-11(3-5-12)17(19)20/h2-5H,6-10,15H2,1H3. The van der Waals surface area contributed by atoms with Gasteiger partial charge in [-0.3, -0.25) is 14.9 Å². The molecule has 1 aromatic carbocycles. The van der Waals surface area contributed by atoms with Crippen LogP contribution in [-0.2, 0) is 4.79 Å². The van der Waals surface area contributed by atoms with Gasteiger partial charge >= 0.3 is 0 Å². The Bertz CT molecular complexity index is 535. The Hall–Kier alpha value is -1.60. The number of rotatable bonds is 5. The number of hydrogen-bond acceptors (Lipinski definition) is 5. The first-order chi connectivity index (χ1) is 9.93. The number of benzene rings is 1. The SMILES string of the molecule is CC1(CN)CCN(C(=O)CSc2ccc([N+](=O)[O-])cc2)C1. The summed E-state index contributed by atoms with van der Waals surface area (Å²) in [5, 5.41) is 10.6. The van der Waals surface area contributed by atoms with Crippen molar-refractivity contribution in [2.75, 3.05) is 25.4 Å². The maximum Gasteiger partial charge on any atom is 0.269 e. The molecule has 21 heavy (non-hydrogen) atoms. The summed E-state index contributed by atoms with van der Waals surface area (Å²) < 4.78 is 0. The van der Waals surface area contributed by atoms with Gasteiger partial charge in [-0.2, -0.15) is 0 Å². The molecule has 2 rings (SSSR count). The third kappa shape index (κ3) is 3.95. The van der Waals surface area contributed by atoms with Gasteiger partial charge in [0.15, 0.2) is 0 Å². The Balaban J connectivity index is 1.86. The van der Waals surface area contributed by atoms with Gasteiger partial charge in [0, 0.05) is 30.1 Å². The Morgan fingerprint density at radius 1 is 1.48 bits per heavy atom. The number of nitro groups is 1. The topological polar surface area (TPSA) is 89.5 Å². The molecule has 0 aliphatic carbocycles. The van der Waals surface area contributed by atoms with Crippen LogP contribution in [0.1, 0.15) is 13.3 Å². The summed E-state index contributed by atoms with van der Waals surface area (Å²) in [5.74, 6) is 0.439. The third-order valence-corrected chi connectivity index (χ3v) is 4.81. The number of nitrogens with two attached hydrogens (primary N) is 1. The Kier molecular flexibility index (Phi) is 4.84. The van der Waals surface area contributed by atoms with E-state index in [9.17, 15) is 14.9 Å². The summed E-state index contributed by atoms with van der Waals surface area (Å²) >= 11 is 1.40. The van der Waals surface area contributed by atoms with Crippen molar-refractivity contribution in [3.8, 4) is 0 Å². The molecule has 1 saturated heterocycles. The van der Waals surface area contributed by atoms with Crippen molar-refractivity contribution in [1.82, 2.24) is 4.90 Å². The van der Waals surface area contributed by atoms with E-state index in [4.69, 9.17) is 5.73 Å². The zero-order chi connectivity index (χ0) is 15.5. The van der Waals surface area contributed by atoms with Crippen LogP contribution < -0.4 is 5.73 Å². The van der Waals surface area contributed by atoms with Crippen molar-refractivity contribution in [3.63, 3.8) is 0 Å². The molecule has 0 bridgehead atoms. The molecule has 1 unspecified atom stereocenters. The van der Waals surface area contributed by atoms with Gasteiger partial charge in [-0.15, -0.1) is 11.8 Å². The van der Waals surface area contributed by atoms with E-state index in [2.05, 4.69) is 6.92 Å². The molecular weight excluding hydrogens is 290 g/mol. The number of carbonyl (C=O) groups is 1. The van der Waals surface area contributed by atoms with Crippen LogP contribution in [0.5, 0.6) is 0 Å². The van der Waals surface area contributed by atoms with E-state index in [0.717, 1.165) is 17.9 Å². The Morgan fingerprint density at radius 3 is 2.67 bits per heavy atom. The van der Waals surface area contributed by atoms with Crippen LogP contribution in [0.2, 0.25) is 0 Å². The minimum atomic E-state index is -0.433. The summed E-state index contributed by atoms with van der Waals surface area (Å²) in [4.78, 5) is 25.0. The van der Waals surface area contributed by atoms with E-state index < -0.39 is 4.92 Å². The predicted octanol–water partition coefficient (Wildman–Crippen LogP) is 1.88. The molecule has 7 heteroatoms. The number of hydrogen-bond donors (Lipinski definition) is 1. The van der Waals surface area contributed by atoms with E-state index in [0.29, 0.717) is 18.8 Å². The van der Waals surface area contributed by atoms with Crippen molar-refractivity contribution in [2.24, 2.45) is 11.1 Å². The lowest BCUT2D eigenvalue weighted by Crippen LogP contribution is -2.35. The molecule has 1 aliphatic heterocycles. The molecule has 1 amide bonds. The molecule has 1 heterocycles. The summed E-state index contributed by atoms with van der Waals surface area (Å²) in [6.07, 6.45) is 0.942. The van der Waals surface area contributed by atoms with Gasteiger partial charge < -0.3 is 10.6 Å². The zero-order valence-electron chi connectivity index (χ0n) is 11.9. The summed E-state index contributed by atoms with van der Waals surface area (Å²) in [5.41, 5.74) is 5.83. The van der Waals surface area contributed by atoms with E-state index in [1.807, 2.05) is 4.90 Å². The fraction of sp³-hybridized carbons (Fsp3) is 0.500. The highest BCUT2D eigenvalue weighted by atomic mass is 32.2. The molecule has 1 atom stereocenters. The summed E-state index contributed by atoms with van der Waals surface area (Å²) in [7, 11) is 0. The molecule has 6 nitrogen and oxygen atoms in total. The van der Waals surface area contributed by atoms with Crippen molar-refractivity contribution in [3.05, 3.63) is 34.4 Å². The highest BCUT2D eigenvalue weighted by molar-refractivity contribution is 8.00. The second-order valence-electron chi connectivity index (χ2n) is 5.62. The minimum absolute atomic E-state index is 0.0354. The van der Waals surface area contributed by atoms with E-state index in [1.165, 1.54) is 23.9 Å². The smallest absolute Gasteiger partial charge is 0.269 e. The molecule has 1 fully saturated rings. The van der Waals surface area contributed by atoms with E-state index in [1.54, 1.807) is 12.1 Å². The van der Waals surface area contributed by atoms with Crippen LogP contribution in [0, 0.1) is 15.5 Å². The molecule has 1 aromatic rings. The zero-order valence-corrected chi connectivity index (χ0v) is 12.8. The van der Waals surface area contributed by atoms with Crippen LogP contribution >= 0.6 is 11.8 Å². The van der Waals surface area contributed by atoms with Gasteiger partial charge in [0.2, 0.25) is 5.91 Å². The molecule has 2 N–H and O–H groups in total. The average molecular weight is 309 g/mol. The molecule has 114 valence electrons. The van der Waals surface area contributed by atoms with Crippen LogP contribution in [0.15, 0.2) is 29.2 Å². The number of nitrogens with zero attached hydrogens (tertiary/aromatic N) is 2. The average Bonchev–Trinajstić information content (AvgIpc) is 2.88. The summed E-state index contributed by atoms with van der Waals surface area (Å²) in [6.45, 7) is 4.16. The van der Waals surface area contributed by atoms with E-state index >= 15 is 0 Å². The Labute approximate surface area is 127 Å². The quantitative estimate of drug-likeness (QED) is 0.509. The highest BCUT2D eigenvalue weighted by Gasteiger charge is 2.34. The molecule has 0 spiro atoms. The molecule has 0 aromatic heterocycles. The van der Waals surface area contributed by atoms with Gasteiger partial charge in [0.1, 0.15) is 0 Å². The number of likely N-dealkylation sites (tertiary alicyclic amines) is 1. The van der Waals surface area contributed by atoms with Gasteiger partial charge in [0.05, 0.1) is 10.7 Å². The molecular formula is C14H19N3O3S. The third-order valence-electron chi connectivity index (χ3n) is 3.81. The van der Waals surface area contributed by atoms with Crippen LogP contribution in [0.4, 0.5) is 5.69 Å². The van der Waals surface area contributed by atoms with Crippen molar-refractivity contribution in [1.29, 1.82) is 0 Å². The highest BCUT2D eigenvalue weighted by Crippen LogP contribution is 2.29. The second kappa shape index (κ2) is 6.44. The summed E-state index contributed by atoms with van der Waals surface area (Å²) in [6, 6.07) is 6.25. The minimum Gasteiger partial charge on any atom is -0.341 e. The van der Waals surface area contributed by atoms with Crippen molar-refractivity contribution in [2.45, 2.75) is 18.2 Å². The number of carbonyl (C=O) groups excluding carboxylic acids is 1. The van der Waals surface area contributed by atoms with Crippen molar-refractivity contribution < 1.29 is 9.72 Å². The van der Waals surface area contributed by atoms with Crippen LogP contribution in [-0.4, -0.2) is 41.1 Å². The molecule has 1 aliphatic rings. The van der Waals surface area contributed by atoms with Crippen molar-refractivity contribution >= 4 is 23.4 Å². The maximum atomic E-state index is 12.2. The lowest BCUT2D eigenvalue weighted by atomic mass is 9.90. The lowest BCUT2D eigenvalue weighted by Gasteiger charge is -2.22. The number of non-ortho nitro benzene ring substituents is 1. The van der Waals surface area contributed by atoms with Crippen LogP contribution in [0.3, 0.4) is 0 Å². The molecule has 0 radical (unpaired) electrons. The Morgan fingerprint density at radius 2 is 2.14 bits per heavy atom. The number of nitro benzene ring substituents is 1. The molecule has 0 saturated carbocycles. The van der Waals surface area contributed by atoms with E-state index in [-0.39, 0.29) is 17.0 Å². The first-order valence-electron chi connectivity index (χ1n) is 6.79.